The second-order valence-corrected chi connectivity index (χ2v) is 16.3. The number of hydrogen-bond donors (Lipinski definition) is 0. The van der Waals surface area contributed by atoms with E-state index in [0.29, 0.717) is 12.8 Å². The van der Waals surface area contributed by atoms with E-state index >= 15 is 0 Å². The number of carbonyl (C=O) groups is 3. The Kier molecular flexibility index (Phi) is 36.7. The van der Waals surface area contributed by atoms with Gasteiger partial charge in [0.25, 0.3) is 0 Å². The molecule has 0 aliphatic rings. The molecule has 0 saturated carbocycles. The highest BCUT2D eigenvalue weighted by molar-refractivity contribution is 5.70. The van der Waals surface area contributed by atoms with Gasteiger partial charge >= 0.3 is 11.9 Å². The summed E-state index contributed by atoms with van der Waals surface area (Å²) in [6.07, 6.45) is 43.0. The van der Waals surface area contributed by atoms with Gasteiger partial charge in [0, 0.05) is 19.3 Å². The fourth-order valence-electron chi connectivity index (χ4n) is 6.45. The van der Waals surface area contributed by atoms with Crippen LogP contribution in [0.25, 0.3) is 0 Å². The van der Waals surface area contributed by atoms with Crippen LogP contribution in [0.15, 0.2) is 36.5 Å². The lowest BCUT2D eigenvalue weighted by atomic mass is 10.1. The summed E-state index contributed by atoms with van der Waals surface area (Å²) in [6.45, 7) is 4.62. The van der Waals surface area contributed by atoms with Crippen LogP contribution in [0.3, 0.4) is 0 Å². The van der Waals surface area contributed by atoms with Crippen molar-refractivity contribution in [2.24, 2.45) is 0 Å². The molecule has 0 aliphatic heterocycles. The van der Waals surface area contributed by atoms with Crippen LogP contribution in [0.1, 0.15) is 194 Å². The minimum Gasteiger partial charge on any atom is -0.544 e. The second-order valence-electron chi connectivity index (χ2n) is 16.3. The maximum absolute atomic E-state index is 12.7. The minimum atomic E-state index is -1.13. The third-order valence-corrected chi connectivity index (χ3v) is 10.00. The molecular weight excluding hydrogens is 691 g/mol. The molecular formula is C47H85NO7. The predicted molar refractivity (Wildman–Crippen MR) is 227 cm³/mol. The smallest absolute Gasteiger partial charge is 0.306 e. The number of esters is 2. The van der Waals surface area contributed by atoms with Gasteiger partial charge in [0.15, 0.2) is 6.10 Å². The number of quaternary nitrogens is 1. The molecule has 320 valence electrons. The van der Waals surface area contributed by atoms with E-state index in [1.165, 1.54) is 96.3 Å². The topological polar surface area (TPSA) is 102 Å². The van der Waals surface area contributed by atoms with Crippen LogP contribution in [0.4, 0.5) is 0 Å². The fourth-order valence-corrected chi connectivity index (χ4v) is 6.45. The van der Waals surface area contributed by atoms with Crippen molar-refractivity contribution in [3.05, 3.63) is 36.5 Å². The summed E-state index contributed by atoms with van der Waals surface area (Å²) in [5, 5.41) is 11.6. The number of ether oxygens (including phenoxy) is 3. The molecule has 0 N–H and O–H groups in total. The van der Waals surface area contributed by atoms with Gasteiger partial charge in [-0.2, -0.15) is 0 Å². The van der Waals surface area contributed by atoms with Gasteiger partial charge in [0.1, 0.15) is 12.6 Å². The van der Waals surface area contributed by atoms with Crippen molar-refractivity contribution in [2.45, 2.75) is 206 Å². The number of aliphatic carboxylic acids is 1. The van der Waals surface area contributed by atoms with Gasteiger partial charge in [-0.15, -0.1) is 0 Å². The number of carboxylic acid groups (broad SMARTS) is 1. The number of allylic oxidation sites excluding steroid dienone is 6. The van der Waals surface area contributed by atoms with Crippen LogP contribution >= 0.6 is 0 Å². The molecule has 2 unspecified atom stereocenters. The van der Waals surface area contributed by atoms with E-state index in [4.69, 9.17) is 14.2 Å². The minimum absolute atomic E-state index is 0.0358. The van der Waals surface area contributed by atoms with Crippen LogP contribution in [0.5, 0.6) is 0 Å². The van der Waals surface area contributed by atoms with Gasteiger partial charge in [-0.1, -0.05) is 140 Å². The molecule has 55 heavy (non-hydrogen) atoms. The van der Waals surface area contributed by atoms with Gasteiger partial charge in [0.2, 0.25) is 0 Å². The summed E-state index contributed by atoms with van der Waals surface area (Å²) in [4.78, 5) is 36.8. The summed E-state index contributed by atoms with van der Waals surface area (Å²) in [5.74, 6) is -1.75. The number of unbranched alkanes of at least 4 members (excludes halogenated alkanes) is 20. The summed E-state index contributed by atoms with van der Waals surface area (Å²) < 4.78 is 17.2. The van der Waals surface area contributed by atoms with E-state index in [0.717, 1.165) is 64.2 Å². The maximum Gasteiger partial charge on any atom is 0.306 e. The van der Waals surface area contributed by atoms with Crippen LogP contribution in [-0.2, 0) is 28.6 Å². The third-order valence-electron chi connectivity index (χ3n) is 10.00. The Balaban J connectivity index is 4.35. The molecule has 0 radical (unpaired) electrons. The highest BCUT2D eigenvalue weighted by atomic mass is 16.6. The number of nitrogens with zero attached hydrogens (tertiary/aromatic N) is 1. The number of rotatable bonds is 40. The zero-order valence-corrected chi connectivity index (χ0v) is 36.3. The van der Waals surface area contributed by atoms with Crippen molar-refractivity contribution in [1.82, 2.24) is 0 Å². The first kappa shape index (κ1) is 52.6. The number of hydrogen-bond acceptors (Lipinski definition) is 7. The van der Waals surface area contributed by atoms with Crippen LogP contribution in [-0.4, -0.2) is 75.5 Å². The Morgan fingerprint density at radius 2 is 0.964 bits per heavy atom. The quantitative estimate of drug-likeness (QED) is 0.0264. The molecule has 0 heterocycles. The lowest BCUT2D eigenvalue weighted by molar-refractivity contribution is -0.889. The highest BCUT2D eigenvalue weighted by Gasteiger charge is 2.25. The Bertz CT molecular complexity index is 1000. The van der Waals surface area contributed by atoms with Crippen molar-refractivity contribution in [3.8, 4) is 0 Å². The predicted octanol–water partition coefficient (Wildman–Crippen LogP) is 10.9. The molecule has 0 fully saturated rings. The van der Waals surface area contributed by atoms with Gasteiger partial charge in [-0.05, 0) is 70.6 Å². The molecule has 0 aromatic rings. The monoisotopic (exact) mass is 776 g/mol. The Hall–Kier alpha value is -2.45. The average Bonchev–Trinajstić information content (AvgIpc) is 3.14. The molecule has 0 saturated heterocycles. The van der Waals surface area contributed by atoms with Crippen molar-refractivity contribution in [1.29, 1.82) is 0 Å². The van der Waals surface area contributed by atoms with Gasteiger partial charge in [-0.25, -0.2) is 0 Å². The second kappa shape index (κ2) is 38.4. The number of likely N-dealkylation sites (N-methyl/N-ethyl adjacent to an activating group) is 1. The van der Waals surface area contributed by atoms with Crippen molar-refractivity contribution in [3.63, 3.8) is 0 Å². The van der Waals surface area contributed by atoms with E-state index in [2.05, 4.69) is 50.3 Å². The normalized spacial score (nSPS) is 13.3. The SMILES string of the molecule is CCCCCC/C=C\C/C=C\CCCCCCCCCC(=O)OC(COCCC(C(=O)[O-])[N+](C)(C)C)COC(=O)CCCCCCC/C=C\CCCCCC. The van der Waals surface area contributed by atoms with Gasteiger partial charge in [0.05, 0.1) is 40.3 Å². The number of carboxylic acids is 1. The van der Waals surface area contributed by atoms with Gasteiger partial charge < -0.3 is 28.6 Å². The molecule has 2 atom stereocenters. The lowest BCUT2D eigenvalue weighted by Crippen LogP contribution is -2.55. The average molecular weight is 776 g/mol. The fraction of sp³-hybridized carbons (Fsp3) is 0.809. The summed E-state index contributed by atoms with van der Waals surface area (Å²) >= 11 is 0. The van der Waals surface area contributed by atoms with Crippen LogP contribution in [0, 0.1) is 0 Å². The first-order valence-corrected chi connectivity index (χ1v) is 22.5. The summed E-state index contributed by atoms with van der Waals surface area (Å²) in [5.41, 5.74) is 0. The molecule has 0 spiro atoms. The van der Waals surface area contributed by atoms with E-state index in [-0.39, 0.29) is 42.7 Å². The van der Waals surface area contributed by atoms with Crippen LogP contribution < -0.4 is 5.11 Å². The van der Waals surface area contributed by atoms with Crippen molar-refractivity contribution in [2.75, 3.05) is 41.0 Å². The zero-order chi connectivity index (χ0) is 40.7. The molecule has 8 heteroatoms. The van der Waals surface area contributed by atoms with Crippen molar-refractivity contribution >= 4 is 17.9 Å². The first-order chi connectivity index (χ1) is 26.6. The van der Waals surface area contributed by atoms with Gasteiger partial charge in [-0.3, -0.25) is 9.59 Å². The molecule has 0 aliphatic carbocycles. The Labute approximate surface area is 338 Å². The van der Waals surface area contributed by atoms with E-state index < -0.39 is 18.1 Å². The zero-order valence-electron chi connectivity index (χ0n) is 36.3. The molecule has 0 bridgehead atoms. The first-order valence-electron chi connectivity index (χ1n) is 22.5. The third kappa shape index (κ3) is 36.9. The number of carbonyl (C=O) groups excluding carboxylic acids is 3. The molecule has 0 rings (SSSR count). The van der Waals surface area contributed by atoms with E-state index in [1.54, 1.807) is 21.1 Å². The van der Waals surface area contributed by atoms with Crippen molar-refractivity contribution < 1.29 is 38.2 Å². The van der Waals surface area contributed by atoms with Crippen LogP contribution in [0.2, 0.25) is 0 Å². The Morgan fingerprint density at radius 3 is 1.42 bits per heavy atom. The molecule has 0 amide bonds. The molecule has 0 aromatic heterocycles. The van der Waals surface area contributed by atoms with E-state index in [9.17, 15) is 19.5 Å². The summed E-state index contributed by atoms with van der Waals surface area (Å²) in [7, 11) is 5.40. The highest BCUT2D eigenvalue weighted by Crippen LogP contribution is 2.14. The standard InChI is InChI=1S/C47H85NO7/c1-6-8-10-12-14-16-18-20-21-22-23-24-26-28-30-32-34-36-38-46(50)55-43(41-53-40-39-44(47(51)52)48(3,4)5)42-54-45(49)37-35-33-31-29-27-25-19-17-15-13-11-9-7-2/h16-19,21-22,43-44H,6-15,20,23-42H2,1-5H3/b18-16-,19-17-,22-21-. The summed E-state index contributed by atoms with van der Waals surface area (Å²) in [6, 6.07) is -0.727. The maximum atomic E-state index is 12.7. The molecule has 0 aromatic carbocycles. The lowest BCUT2D eigenvalue weighted by Gasteiger charge is -2.34. The molecule has 8 nitrogen and oxygen atoms in total. The van der Waals surface area contributed by atoms with E-state index in [1.807, 2.05) is 0 Å². The largest absolute Gasteiger partial charge is 0.544 e. The Morgan fingerprint density at radius 1 is 0.545 bits per heavy atom.